The molecule has 65 heavy (non-hydrogen) atoms. The lowest BCUT2D eigenvalue weighted by Gasteiger charge is -2.42. The highest BCUT2D eigenvalue weighted by atomic mass is 32.2. The second kappa shape index (κ2) is 16.7. The molecule has 10 nitrogen and oxygen atoms in total. The van der Waals surface area contributed by atoms with Crippen molar-refractivity contribution in [3.63, 3.8) is 0 Å². The van der Waals surface area contributed by atoms with Crippen molar-refractivity contribution in [2.75, 3.05) is 5.32 Å². The van der Waals surface area contributed by atoms with Gasteiger partial charge in [0.2, 0.25) is 5.91 Å². The van der Waals surface area contributed by atoms with Gasteiger partial charge in [0, 0.05) is 6.04 Å². The summed E-state index contributed by atoms with van der Waals surface area (Å²) in [6.07, 6.45) is -5.21. The van der Waals surface area contributed by atoms with E-state index in [1.165, 1.54) is 36.4 Å². The van der Waals surface area contributed by atoms with E-state index in [0.29, 0.717) is 42.7 Å². The fraction of sp³-hybridized carbons (Fsp3) is 0.432. The number of phenolic OH excluding ortho intramolecular Hbond substituents is 1. The second-order valence-corrected chi connectivity index (χ2v) is 16.1. The standard InChI is InChI=1S/C37H28F17N3O7S/c38-30(39,32(42,43)34(46,47)36(50,51)52)31(40,41)33(44,45)35(48,49)37(53,54)65(62,63)64-22-16-12-19(13-17-22)25(27(59)55-20-6-2-1-3-7-20)57-26(18-10-14-21(58)15-11-18)28(60)56-24-9-5-4-8-23(24)29(57)61/h4-5,8-17,20,25-26,58H,1-3,6-7H2,(H,55,59)(H,56,60). The van der Waals surface area contributed by atoms with Gasteiger partial charge in [0.1, 0.15) is 23.6 Å². The lowest BCUT2D eigenvalue weighted by molar-refractivity contribution is -0.458. The van der Waals surface area contributed by atoms with Gasteiger partial charge in [0.25, 0.3) is 11.8 Å². The van der Waals surface area contributed by atoms with Crippen LogP contribution < -0.4 is 14.8 Å². The Kier molecular flexibility index (Phi) is 13.0. The van der Waals surface area contributed by atoms with Crippen LogP contribution in [0.15, 0.2) is 72.8 Å². The number of anilines is 1. The number of aromatic hydroxyl groups is 1. The molecule has 0 bridgehead atoms. The average Bonchev–Trinajstić information content (AvgIpc) is 3.31. The van der Waals surface area contributed by atoms with Crippen LogP contribution in [-0.4, -0.2) is 89.2 Å². The van der Waals surface area contributed by atoms with Crippen LogP contribution in [0.5, 0.6) is 11.5 Å². The van der Waals surface area contributed by atoms with Gasteiger partial charge in [0.15, 0.2) is 0 Å². The number of carbonyl (C=O) groups excluding carboxylic acids is 3. The summed E-state index contributed by atoms with van der Waals surface area (Å²) in [7, 11) is -8.01. The average molecular weight is 982 g/mol. The molecule has 2 unspecified atom stereocenters. The van der Waals surface area contributed by atoms with Gasteiger partial charge in [0.05, 0.1) is 11.3 Å². The fourth-order valence-electron chi connectivity index (χ4n) is 6.75. The Balaban J connectivity index is 1.56. The van der Waals surface area contributed by atoms with Crippen molar-refractivity contribution in [3.8, 4) is 11.5 Å². The Morgan fingerprint density at radius 1 is 0.677 bits per heavy atom. The Labute approximate surface area is 353 Å². The zero-order chi connectivity index (χ0) is 49.1. The highest BCUT2D eigenvalue weighted by molar-refractivity contribution is 7.88. The number of nitrogens with one attached hydrogen (secondary N) is 2. The van der Waals surface area contributed by atoms with Crippen molar-refractivity contribution < 1.29 is 107 Å². The number of amides is 3. The maximum absolute atomic E-state index is 14.9. The largest absolute Gasteiger partial charge is 0.508 e. The van der Waals surface area contributed by atoms with E-state index in [1.807, 2.05) is 0 Å². The molecule has 0 spiro atoms. The molecule has 0 radical (unpaired) electrons. The third-order valence-electron chi connectivity index (χ3n) is 10.3. The lowest BCUT2D eigenvalue weighted by Crippen LogP contribution is -2.75. The van der Waals surface area contributed by atoms with Crippen LogP contribution in [0, 0.1) is 0 Å². The molecule has 2 aliphatic rings. The Hall–Kier alpha value is -5.57. The zero-order valence-electron chi connectivity index (χ0n) is 31.9. The predicted octanol–water partition coefficient (Wildman–Crippen LogP) is 9.39. The van der Waals surface area contributed by atoms with E-state index >= 15 is 0 Å². The zero-order valence-corrected chi connectivity index (χ0v) is 32.7. The van der Waals surface area contributed by atoms with Gasteiger partial charge in [-0.2, -0.15) is 83.1 Å². The molecule has 2 atom stereocenters. The Morgan fingerprint density at radius 2 is 1.17 bits per heavy atom. The molecule has 3 aromatic carbocycles. The number of fused-ring (bicyclic) bond motifs is 1. The van der Waals surface area contributed by atoms with Crippen molar-refractivity contribution in [2.45, 2.75) is 97.2 Å². The molecule has 1 fully saturated rings. The van der Waals surface area contributed by atoms with Crippen LogP contribution in [0.1, 0.15) is 65.7 Å². The van der Waals surface area contributed by atoms with Crippen molar-refractivity contribution in [1.82, 2.24) is 10.2 Å². The fourth-order valence-corrected chi connectivity index (χ4v) is 7.67. The number of alkyl halides is 17. The Bertz CT molecular complexity index is 2390. The summed E-state index contributed by atoms with van der Waals surface area (Å²) >= 11 is 0. The van der Waals surface area contributed by atoms with Crippen molar-refractivity contribution in [1.29, 1.82) is 0 Å². The van der Waals surface area contributed by atoms with Gasteiger partial charge >= 0.3 is 57.1 Å². The van der Waals surface area contributed by atoms with Crippen LogP contribution >= 0.6 is 0 Å². The highest BCUT2D eigenvalue weighted by Crippen LogP contribution is 2.64. The Morgan fingerprint density at radius 3 is 1.69 bits per heavy atom. The predicted molar refractivity (Wildman–Crippen MR) is 187 cm³/mol. The lowest BCUT2D eigenvalue weighted by atomic mass is 9.91. The number of hydrogen-bond acceptors (Lipinski definition) is 7. The van der Waals surface area contributed by atoms with E-state index in [-0.39, 0.29) is 34.7 Å². The minimum Gasteiger partial charge on any atom is -0.508 e. The summed E-state index contributed by atoms with van der Waals surface area (Å²) in [5.74, 6) is -57.9. The molecular weight excluding hydrogens is 953 g/mol. The number of carbonyl (C=O) groups is 3. The summed E-state index contributed by atoms with van der Waals surface area (Å²) in [5, 5.41) is 7.13. The van der Waals surface area contributed by atoms with Gasteiger partial charge in [-0.25, -0.2) is 0 Å². The topological polar surface area (TPSA) is 142 Å². The number of benzene rings is 3. The first kappa shape index (κ1) is 50.4. The van der Waals surface area contributed by atoms with Crippen LogP contribution in [0.25, 0.3) is 0 Å². The van der Waals surface area contributed by atoms with Crippen molar-refractivity contribution in [2.24, 2.45) is 0 Å². The molecule has 5 rings (SSSR count). The maximum Gasteiger partial charge on any atom is 0.460 e. The van der Waals surface area contributed by atoms with Gasteiger partial charge < -0.3 is 24.8 Å². The van der Waals surface area contributed by atoms with E-state index in [2.05, 4.69) is 14.8 Å². The molecule has 1 saturated carbocycles. The molecule has 1 aliphatic carbocycles. The summed E-state index contributed by atoms with van der Waals surface area (Å²) in [6.45, 7) is 0. The SMILES string of the molecule is O=C1Nc2ccccc2C(=O)N(C(C(=O)NC2CCCCC2)c2ccc(OS(=O)(=O)C(F)(F)C(F)(F)C(F)(F)C(F)(F)C(F)(F)C(F)(F)C(F)(F)C(F)(F)F)cc2)C1c1ccc(O)cc1. The van der Waals surface area contributed by atoms with Gasteiger partial charge in [-0.3, -0.25) is 14.4 Å². The van der Waals surface area contributed by atoms with E-state index in [1.54, 1.807) is 0 Å². The number of hydrogen-bond donors (Lipinski definition) is 3. The summed E-state index contributed by atoms with van der Waals surface area (Å²) in [4.78, 5) is 43.3. The summed E-state index contributed by atoms with van der Waals surface area (Å²) in [5.41, 5.74) is -0.852. The van der Waals surface area contributed by atoms with Crippen molar-refractivity contribution >= 4 is 33.5 Å². The molecule has 1 heterocycles. The van der Waals surface area contributed by atoms with Crippen LogP contribution in [0.3, 0.4) is 0 Å². The quantitative estimate of drug-likeness (QED) is 0.108. The van der Waals surface area contributed by atoms with E-state index < -0.39 is 104 Å². The smallest absolute Gasteiger partial charge is 0.460 e. The first-order valence-corrected chi connectivity index (χ1v) is 19.6. The number of rotatable bonds is 14. The molecule has 1 aliphatic heterocycles. The summed E-state index contributed by atoms with van der Waals surface area (Å²) in [6, 6.07) is 6.93. The van der Waals surface area contributed by atoms with E-state index in [0.717, 1.165) is 18.6 Å². The third-order valence-corrected chi connectivity index (χ3v) is 11.6. The summed E-state index contributed by atoms with van der Waals surface area (Å²) < 4.78 is 264. The number of phenols is 1. The van der Waals surface area contributed by atoms with Crippen molar-refractivity contribution in [3.05, 3.63) is 89.5 Å². The van der Waals surface area contributed by atoms with E-state index in [9.17, 15) is 103 Å². The van der Waals surface area contributed by atoms with Gasteiger partial charge in [-0.15, -0.1) is 0 Å². The van der Waals surface area contributed by atoms with Gasteiger partial charge in [-0.05, 0) is 60.4 Å². The minimum absolute atomic E-state index is 0.0518. The van der Waals surface area contributed by atoms with Crippen LogP contribution in [0.2, 0.25) is 0 Å². The molecule has 28 heteroatoms. The number of halogens is 17. The first-order chi connectivity index (χ1) is 29.6. The monoisotopic (exact) mass is 981 g/mol. The number of para-hydroxylation sites is 1. The maximum atomic E-state index is 14.9. The van der Waals surface area contributed by atoms with E-state index in [4.69, 9.17) is 0 Å². The second-order valence-electron chi connectivity index (χ2n) is 14.6. The third kappa shape index (κ3) is 8.22. The minimum atomic E-state index is -9.05. The molecule has 3 N–H and O–H groups in total. The number of nitrogens with zero attached hydrogens (tertiary/aromatic N) is 1. The highest BCUT2D eigenvalue weighted by Gasteiger charge is 2.96. The molecular formula is C37H28F17N3O7S. The molecule has 3 aromatic rings. The molecule has 3 amide bonds. The molecule has 358 valence electrons. The molecule has 0 saturated heterocycles. The first-order valence-electron chi connectivity index (χ1n) is 18.2. The van der Waals surface area contributed by atoms with Crippen LogP contribution in [-0.2, 0) is 19.7 Å². The normalized spacial score (nSPS) is 18.4. The molecule has 0 aromatic heterocycles. The van der Waals surface area contributed by atoms with Crippen LogP contribution in [0.4, 0.5) is 80.3 Å². The van der Waals surface area contributed by atoms with Gasteiger partial charge in [-0.1, -0.05) is 55.7 Å².